The van der Waals surface area contributed by atoms with E-state index in [9.17, 15) is 8.42 Å². The summed E-state index contributed by atoms with van der Waals surface area (Å²) in [5.74, 6) is 0.568. The summed E-state index contributed by atoms with van der Waals surface area (Å²) in [7, 11) is -3.16. The Hall–Kier alpha value is -0.170. The highest BCUT2D eigenvalue weighted by Crippen LogP contribution is 2.24. The Morgan fingerprint density at radius 1 is 1.26 bits per heavy atom. The molecule has 2 rings (SSSR count). The van der Waals surface area contributed by atoms with Crippen LogP contribution >= 0.6 is 0 Å². The van der Waals surface area contributed by atoms with Crippen molar-refractivity contribution >= 4 is 10.0 Å². The van der Waals surface area contributed by atoms with Gasteiger partial charge in [0.15, 0.2) is 0 Å². The molecule has 0 amide bonds. The number of hydrogen-bond donors (Lipinski definition) is 2. The smallest absolute Gasteiger partial charge is 0.212 e. The van der Waals surface area contributed by atoms with Gasteiger partial charge < -0.3 is 10.1 Å². The highest BCUT2D eigenvalue weighted by molar-refractivity contribution is 7.89. The Morgan fingerprint density at radius 2 is 1.95 bits per heavy atom. The van der Waals surface area contributed by atoms with Crippen LogP contribution < -0.4 is 10.0 Å². The first-order chi connectivity index (χ1) is 8.86. The fourth-order valence-electron chi connectivity index (χ4n) is 2.99. The van der Waals surface area contributed by atoms with Crippen LogP contribution in [-0.2, 0) is 14.8 Å². The van der Waals surface area contributed by atoms with Gasteiger partial charge in [-0.25, -0.2) is 13.1 Å². The monoisotopic (exact) mass is 290 g/mol. The van der Waals surface area contributed by atoms with E-state index in [1.54, 1.807) is 0 Å². The van der Waals surface area contributed by atoms with Crippen molar-refractivity contribution in [3.63, 3.8) is 0 Å². The maximum atomic E-state index is 12.2. The molecule has 2 aliphatic rings. The van der Waals surface area contributed by atoms with Gasteiger partial charge in [-0.05, 0) is 58.5 Å². The number of hydrogen-bond acceptors (Lipinski definition) is 4. The third kappa shape index (κ3) is 5.02. The van der Waals surface area contributed by atoms with Crippen LogP contribution in [0.1, 0.15) is 39.5 Å². The van der Waals surface area contributed by atoms with Gasteiger partial charge in [0.1, 0.15) is 0 Å². The van der Waals surface area contributed by atoms with Crippen molar-refractivity contribution in [2.24, 2.45) is 5.92 Å². The average molecular weight is 290 g/mol. The van der Waals surface area contributed by atoms with E-state index in [0.29, 0.717) is 12.5 Å². The van der Waals surface area contributed by atoms with Gasteiger partial charge in [-0.2, -0.15) is 0 Å². The van der Waals surface area contributed by atoms with Gasteiger partial charge in [0.2, 0.25) is 10.0 Å². The average Bonchev–Trinajstić information content (AvgIpc) is 2.27. The largest absolute Gasteiger partial charge is 0.375 e. The summed E-state index contributed by atoms with van der Waals surface area (Å²) in [5.41, 5.74) is -0.222. The Balaban J connectivity index is 1.86. The van der Waals surface area contributed by atoms with Crippen LogP contribution in [0, 0.1) is 5.92 Å². The molecule has 0 aromatic rings. The lowest BCUT2D eigenvalue weighted by Crippen LogP contribution is -2.47. The lowest BCUT2D eigenvalue weighted by Gasteiger charge is -2.36. The van der Waals surface area contributed by atoms with Crippen molar-refractivity contribution < 1.29 is 13.2 Å². The SMILES string of the molecule is CC1(C)CC(NS(=O)(=O)CC2CCNCC2)CCO1. The Bertz CT molecular complexity index is 389. The minimum absolute atomic E-state index is 0.0236. The van der Waals surface area contributed by atoms with Crippen LogP contribution in [0.3, 0.4) is 0 Å². The van der Waals surface area contributed by atoms with E-state index >= 15 is 0 Å². The van der Waals surface area contributed by atoms with Gasteiger partial charge in [0.05, 0.1) is 11.4 Å². The molecule has 5 nitrogen and oxygen atoms in total. The van der Waals surface area contributed by atoms with Gasteiger partial charge in [-0.1, -0.05) is 0 Å². The fourth-order valence-corrected chi connectivity index (χ4v) is 4.75. The molecular formula is C13H26N2O3S. The van der Waals surface area contributed by atoms with Crippen molar-refractivity contribution in [1.82, 2.24) is 10.0 Å². The predicted octanol–water partition coefficient (Wildman–Crippen LogP) is 0.863. The number of sulfonamides is 1. The van der Waals surface area contributed by atoms with E-state index in [1.165, 1.54) is 0 Å². The molecule has 2 saturated heterocycles. The normalized spacial score (nSPS) is 29.3. The highest BCUT2D eigenvalue weighted by Gasteiger charge is 2.32. The molecule has 0 aromatic heterocycles. The van der Waals surface area contributed by atoms with Crippen LogP contribution in [0.25, 0.3) is 0 Å². The third-order valence-corrected chi connectivity index (χ3v) is 5.56. The standard InChI is InChI=1S/C13H26N2O3S/c1-13(2)9-12(5-8-18-13)15-19(16,17)10-11-3-6-14-7-4-11/h11-12,14-15H,3-10H2,1-2H3. The Kier molecular flexibility index (Phi) is 4.87. The van der Waals surface area contributed by atoms with E-state index in [0.717, 1.165) is 38.8 Å². The van der Waals surface area contributed by atoms with E-state index in [-0.39, 0.29) is 17.4 Å². The van der Waals surface area contributed by atoms with Gasteiger partial charge in [-0.3, -0.25) is 0 Å². The summed E-state index contributed by atoms with van der Waals surface area (Å²) in [6.07, 6.45) is 3.44. The molecule has 112 valence electrons. The zero-order chi connectivity index (χ0) is 13.9. The van der Waals surface area contributed by atoms with Crippen molar-refractivity contribution in [2.75, 3.05) is 25.4 Å². The third-order valence-electron chi connectivity index (χ3n) is 3.96. The molecule has 0 radical (unpaired) electrons. The van der Waals surface area contributed by atoms with Crippen LogP contribution in [0.4, 0.5) is 0 Å². The molecule has 1 unspecified atom stereocenters. The van der Waals surface area contributed by atoms with Gasteiger partial charge in [0, 0.05) is 12.6 Å². The zero-order valence-corrected chi connectivity index (χ0v) is 12.8. The lowest BCUT2D eigenvalue weighted by atomic mass is 9.95. The first-order valence-corrected chi connectivity index (χ1v) is 8.86. The molecule has 0 saturated carbocycles. The summed E-state index contributed by atoms with van der Waals surface area (Å²) >= 11 is 0. The first-order valence-electron chi connectivity index (χ1n) is 7.21. The Morgan fingerprint density at radius 3 is 2.58 bits per heavy atom. The molecule has 0 aliphatic carbocycles. The van der Waals surface area contributed by atoms with Crippen LogP contribution in [0.5, 0.6) is 0 Å². The van der Waals surface area contributed by atoms with Crippen LogP contribution in [0.2, 0.25) is 0 Å². The van der Waals surface area contributed by atoms with Gasteiger partial charge >= 0.3 is 0 Å². The van der Waals surface area contributed by atoms with Gasteiger partial charge in [0.25, 0.3) is 0 Å². The topological polar surface area (TPSA) is 67.4 Å². The lowest BCUT2D eigenvalue weighted by molar-refractivity contribution is -0.0599. The quantitative estimate of drug-likeness (QED) is 0.806. The van der Waals surface area contributed by atoms with Crippen molar-refractivity contribution in [1.29, 1.82) is 0 Å². The molecule has 0 spiro atoms. The summed E-state index contributed by atoms with van der Waals surface area (Å²) in [4.78, 5) is 0. The van der Waals surface area contributed by atoms with Crippen LogP contribution in [0.15, 0.2) is 0 Å². The highest BCUT2D eigenvalue weighted by atomic mass is 32.2. The van der Waals surface area contributed by atoms with Crippen molar-refractivity contribution in [3.8, 4) is 0 Å². The molecule has 6 heteroatoms. The molecule has 2 fully saturated rings. The summed E-state index contributed by atoms with van der Waals surface area (Å²) in [5, 5.41) is 3.26. The van der Waals surface area contributed by atoms with Crippen LogP contribution in [-0.4, -0.2) is 45.5 Å². The van der Waals surface area contributed by atoms with E-state index in [2.05, 4.69) is 10.0 Å². The molecule has 2 aliphatic heterocycles. The van der Waals surface area contributed by atoms with Crippen molar-refractivity contribution in [2.45, 2.75) is 51.2 Å². The summed E-state index contributed by atoms with van der Waals surface area (Å²) < 4.78 is 32.9. The second-order valence-electron chi connectivity index (χ2n) is 6.39. The number of nitrogens with one attached hydrogen (secondary N) is 2. The second kappa shape index (κ2) is 6.08. The summed E-state index contributed by atoms with van der Waals surface area (Å²) in [6, 6.07) is 0.0236. The number of ether oxygens (including phenoxy) is 1. The summed E-state index contributed by atoms with van der Waals surface area (Å²) in [6.45, 7) is 6.53. The molecule has 19 heavy (non-hydrogen) atoms. The predicted molar refractivity (Wildman–Crippen MR) is 75.6 cm³/mol. The van der Waals surface area contributed by atoms with E-state index in [1.807, 2.05) is 13.8 Å². The maximum Gasteiger partial charge on any atom is 0.212 e. The number of rotatable bonds is 4. The zero-order valence-electron chi connectivity index (χ0n) is 11.9. The maximum absolute atomic E-state index is 12.2. The molecule has 0 bridgehead atoms. The second-order valence-corrected chi connectivity index (χ2v) is 8.19. The van der Waals surface area contributed by atoms with Crippen molar-refractivity contribution in [3.05, 3.63) is 0 Å². The molecule has 1 atom stereocenters. The first kappa shape index (κ1) is 15.2. The minimum Gasteiger partial charge on any atom is -0.375 e. The number of piperidine rings is 1. The molecule has 2 heterocycles. The molecular weight excluding hydrogens is 264 g/mol. The fraction of sp³-hybridized carbons (Fsp3) is 1.00. The Labute approximate surface area is 116 Å². The van der Waals surface area contributed by atoms with E-state index < -0.39 is 10.0 Å². The van der Waals surface area contributed by atoms with E-state index in [4.69, 9.17) is 4.74 Å². The molecule has 2 N–H and O–H groups in total. The minimum atomic E-state index is -3.16. The van der Waals surface area contributed by atoms with Gasteiger partial charge in [-0.15, -0.1) is 0 Å². The molecule has 0 aromatic carbocycles.